The van der Waals surface area contributed by atoms with Crippen molar-refractivity contribution < 1.29 is 13.6 Å². The van der Waals surface area contributed by atoms with E-state index in [0.717, 1.165) is 17.1 Å². The number of furan rings is 1. The molecular weight excluding hydrogens is 339 g/mol. The van der Waals surface area contributed by atoms with E-state index < -0.39 is 11.7 Å². The highest BCUT2D eigenvalue weighted by Gasteiger charge is 2.19. The van der Waals surface area contributed by atoms with E-state index in [1.165, 1.54) is 6.07 Å². The highest BCUT2D eigenvalue weighted by molar-refractivity contribution is 9.10. The van der Waals surface area contributed by atoms with Crippen LogP contribution in [0.1, 0.15) is 40.4 Å². The number of aryl methyl sites for hydroxylation is 2. The summed E-state index contributed by atoms with van der Waals surface area (Å²) in [5.41, 5.74) is 6.41. The summed E-state index contributed by atoms with van der Waals surface area (Å²) in [6.07, 6.45) is 0. The predicted octanol–water partition coefficient (Wildman–Crippen LogP) is 4.07. The van der Waals surface area contributed by atoms with Gasteiger partial charge in [-0.3, -0.25) is 4.79 Å². The molecule has 0 aliphatic carbocycles. The maximum absolute atomic E-state index is 13.9. The van der Waals surface area contributed by atoms with Gasteiger partial charge in [0.1, 0.15) is 17.3 Å². The summed E-state index contributed by atoms with van der Waals surface area (Å²) < 4.78 is 19.9. The molecule has 0 spiro atoms. The van der Waals surface area contributed by atoms with Crippen LogP contribution in [-0.4, -0.2) is 5.91 Å². The number of nitrogens with two attached hydrogens (primary N) is 1. The molecule has 6 heteroatoms. The van der Waals surface area contributed by atoms with Crippen molar-refractivity contribution in [2.45, 2.75) is 26.8 Å². The molecule has 0 bridgehead atoms. The molecule has 112 valence electrons. The van der Waals surface area contributed by atoms with Crippen LogP contribution in [0.2, 0.25) is 0 Å². The van der Waals surface area contributed by atoms with Gasteiger partial charge in [0.25, 0.3) is 5.91 Å². The first-order valence-corrected chi connectivity index (χ1v) is 7.21. The quantitative estimate of drug-likeness (QED) is 0.869. The predicted molar refractivity (Wildman–Crippen MR) is 82.8 cm³/mol. The van der Waals surface area contributed by atoms with E-state index in [2.05, 4.69) is 21.2 Å². The van der Waals surface area contributed by atoms with Gasteiger partial charge in [0, 0.05) is 10.0 Å². The van der Waals surface area contributed by atoms with E-state index in [1.54, 1.807) is 6.07 Å². The molecule has 0 radical (unpaired) electrons. The van der Waals surface area contributed by atoms with E-state index >= 15 is 0 Å². The van der Waals surface area contributed by atoms with Crippen LogP contribution in [0.25, 0.3) is 0 Å². The number of nitrogens with one attached hydrogen (secondary N) is 1. The number of anilines is 1. The third kappa shape index (κ3) is 3.26. The molecule has 1 amide bonds. The number of halogens is 2. The highest BCUT2D eigenvalue weighted by atomic mass is 79.9. The Kier molecular flexibility index (Phi) is 4.37. The zero-order chi connectivity index (χ0) is 15.7. The number of rotatable bonds is 4. The molecule has 1 unspecified atom stereocenters. The standard InChI is InChI=1S/C15H16BrFN2O2/c1-7-4-11(9(3)21-7)8(2)19-13-6-10(16)5-12(17)14(13)15(18)20/h4-6,8,19H,1-3H3,(H2,18,20). The lowest BCUT2D eigenvalue weighted by molar-refractivity contribution is 0.0997. The fourth-order valence-electron chi connectivity index (χ4n) is 2.33. The van der Waals surface area contributed by atoms with Crippen molar-refractivity contribution in [1.82, 2.24) is 0 Å². The monoisotopic (exact) mass is 354 g/mol. The molecular formula is C15H16BrFN2O2. The van der Waals surface area contributed by atoms with Gasteiger partial charge in [0.2, 0.25) is 0 Å². The zero-order valence-corrected chi connectivity index (χ0v) is 13.5. The second kappa shape index (κ2) is 5.89. The molecule has 0 fully saturated rings. The van der Waals surface area contributed by atoms with Crippen molar-refractivity contribution in [3.8, 4) is 0 Å². The van der Waals surface area contributed by atoms with Crippen molar-refractivity contribution in [1.29, 1.82) is 0 Å². The van der Waals surface area contributed by atoms with Crippen LogP contribution in [0.5, 0.6) is 0 Å². The van der Waals surface area contributed by atoms with Crippen LogP contribution in [0.15, 0.2) is 27.1 Å². The SMILES string of the molecule is Cc1cc(C(C)Nc2cc(Br)cc(F)c2C(N)=O)c(C)o1. The maximum atomic E-state index is 13.9. The first kappa shape index (κ1) is 15.6. The number of carbonyl (C=O) groups excluding carboxylic acids is 1. The van der Waals surface area contributed by atoms with E-state index in [9.17, 15) is 9.18 Å². The Bertz CT molecular complexity index is 697. The number of amides is 1. The molecule has 0 saturated carbocycles. The van der Waals surface area contributed by atoms with Crippen molar-refractivity contribution >= 4 is 27.5 Å². The lowest BCUT2D eigenvalue weighted by Crippen LogP contribution is -2.18. The Balaban J connectivity index is 2.39. The van der Waals surface area contributed by atoms with Crippen LogP contribution >= 0.6 is 15.9 Å². The second-order valence-corrected chi connectivity index (χ2v) is 5.82. The van der Waals surface area contributed by atoms with E-state index in [4.69, 9.17) is 10.2 Å². The average Bonchev–Trinajstić information content (AvgIpc) is 2.66. The molecule has 0 aliphatic heterocycles. The molecule has 2 aromatic rings. The minimum atomic E-state index is -0.810. The first-order valence-electron chi connectivity index (χ1n) is 6.42. The molecule has 0 aliphatic rings. The zero-order valence-electron chi connectivity index (χ0n) is 12.0. The Hall–Kier alpha value is -1.82. The lowest BCUT2D eigenvalue weighted by atomic mass is 10.1. The van der Waals surface area contributed by atoms with Gasteiger partial charge in [-0.15, -0.1) is 0 Å². The molecule has 0 saturated heterocycles. The Labute approximate surface area is 130 Å². The number of benzene rings is 1. The molecule has 1 atom stereocenters. The molecule has 1 aromatic heterocycles. The normalized spacial score (nSPS) is 12.2. The summed E-state index contributed by atoms with van der Waals surface area (Å²) in [5, 5.41) is 3.11. The van der Waals surface area contributed by atoms with Crippen LogP contribution in [-0.2, 0) is 0 Å². The second-order valence-electron chi connectivity index (χ2n) is 4.91. The summed E-state index contributed by atoms with van der Waals surface area (Å²) in [6.45, 7) is 5.62. The molecule has 21 heavy (non-hydrogen) atoms. The van der Waals surface area contributed by atoms with Gasteiger partial charge in [-0.2, -0.15) is 0 Å². The van der Waals surface area contributed by atoms with E-state index in [-0.39, 0.29) is 11.6 Å². The Morgan fingerprint density at radius 1 is 1.38 bits per heavy atom. The number of hydrogen-bond donors (Lipinski definition) is 2. The van der Waals surface area contributed by atoms with Gasteiger partial charge in [-0.1, -0.05) is 15.9 Å². The maximum Gasteiger partial charge on any atom is 0.253 e. The van der Waals surface area contributed by atoms with Gasteiger partial charge in [0.05, 0.1) is 17.3 Å². The van der Waals surface area contributed by atoms with Crippen LogP contribution in [0.3, 0.4) is 0 Å². The van der Waals surface area contributed by atoms with Crippen molar-refractivity contribution in [3.05, 3.63) is 51.1 Å². The summed E-state index contributed by atoms with van der Waals surface area (Å²) in [7, 11) is 0. The Morgan fingerprint density at radius 2 is 2.05 bits per heavy atom. The fraction of sp³-hybridized carbons (Fsp3) is 0.267. The molecule has 3 N–H and O–H groups in total. The van der Waals surface area contributed by atoms with Crippen LogP contribution in [0, 0.1) is 19.7 Å². The summed E-state index contributed by atoms with van der Waals surface area (Å²) in [5.74, 6) is 0.108. The number of carbonyl (C=O) groups is 1. The number of primary amides is 1. The van der Waals surface area contributed by atoms with Crippen molar-refractivity contribution in [2.24, 2.45) is 5.73 Å². The molecule has 1 aromatic carbocycles. The largest absolute Gasteiger partial charge is 0.466 e. The smallest absolute Gasteiger partial charge is 0.253 e. The minimum Gasteiger partial charge on any atom is -0.466 e. The third-order valence-electron chi connectivity index (χ3n) is 3.22. The first-order chi connectivity index (χ1) is 9.79. The topological polar surface area (TPSA) is 68.3 Å². The minimum absolute atomic E-state index is 0.150. The third-order valence-corrected chi connectivity index (χ3v) is 3.68. The average molecular weight is 355 g/mol. The van der Waals surface area contributed by atoms with Crippen molar-refractivity contribution in [3.63, 3.8) is 0 Å². The fourth-order valence-corrected chi connectivity index (χ4v) is 2.76. The van der Waals surface area contributed by atoms with Gasteiger partial charge >= 0.3 is 0 Å². The van der Waals surface area contributed by atoms with Gasteiger partial charge in [0.15, 0.2) is 0 Å². The van der Waals surface area contributed by atoms with Crippen molar-refractivity contribution in [2.75, 3.05) is 5.32 Å². The van der Waals surface area contributed by atoms with Gasteiger partial charge in [-0.05, 0) is 39.0 Å². The van der Waals surface area contributed by atoms with E-state index in [0.29, 0.717) is 10.2 Å². The summed E-state index contributed by atoms with van der Waals surface area (Å²) >= 11 is 3.21. The van der Waals surface area contributed by atoms with Crippen LogP contribution in [0.4, 0.5) is 10.1 Å². The summed E-state index contributed by atoms with van der Waals surface area (Å²) in [4.78, 5) is 11.5. The molecule has 1 heterocycles. The molecule has 2 rings (SSSR count). The van der Waals surface area contributed by atoms with Gasteiger partial charge in [-0.25, -0.2) is 4.39 Å². The summed E-state index contributed by atoms with van der Waals surface area (Å²) in [6, 6.07) is 4.59. The molecule has 4 nitrogen and oxygen atoms in total. The number of hydrogen-bond acceptors (Lipinski definition) is 3. The van der Waals surface area contributed by atoms with E-state index in [1.807, 2.05) is 26.8 Å². The Morgan fingerprint density at radius 3 is 2.57 bits per heavy atom. The van der Waals surface area contributed by atoms with Gasteiger partial charge < -0.3 is 15.5 Å². The van der Waals surface area contributed by atoms with Crippen LogP contribution < -0.4 is 11.1 Å². The lowest BCUT2D eigenvalue weighted by Gasteiger charge is -2.17. The highest BCUT2D eigenvalue weighted by Crippen LogP contribution is 2.30.